The number of esters is 1. The van der Waals surface area contributed by atoms with Gasteiger partial charge in [0.15, 0.2) is 5.69 Å². The predicted molar refractivity (Wildman–Crippen MR) is 119 cm³/mol. The zero-order valence-corrected chi connectivity index (χ0v) is 18.3. The number of ether oxygens (including phenoxy) is 2. The Morgan fingerprint density at radius 2 is 1.94 bits per heavy atom. The summed E-state index contributed by atoms with van der Waals surface area (Å²) in [4.78, 5) is 25.2. The number of rotatable bonds is 8. The first-order valence-electron chi connectivity index (χ1n) is 9.92. The Morgan fingerprint density at radius 3 is 2.65 bits per heavy atom. The van der Waals surface area contributed by atoms with Crippen LogP contribution in [0.2, 0.25) is 5.02 Å². The van der Waals surface area contributed by atoms with Gasteiger partial charge in [-0.3, -0.25) is 9.48 Å². The summed E-state index contributed by atoms with van der Waals surface area (Å²) >= 11 is 5.97. The number of carbonyl (C=O) groups is 2. The maximum absolute atomic E-state index is 12.8. The summed E-state index contributed by atoms with van der Waals surface area (Å²) in [6.07, 6.45) is 1.32. The van der Waals surface area contributed by atoms with Crippen molar-refractivity contribution >= 4 is 29.2 Å². The van der Waals surface area contributed by atoms with Gasteiger partial charge >= 0.3 is 5.97 Å². The standard InChI is InChI=1S/C23H24ClN3O4/c1-4-27-13-20(21(26-27)23(29)31-15(2)3)25-22(28)17-8-5-7-16(11-17)14-30-19-10-6-9-18(24)12-19/h5-13,15H,4,14H2,1-3H3,(H,25,28). The summed E-state index contributed by atoms with van der Waals surface area (Å²) in [5.41, 5.74) is 1.62. The van der Waals surface area contributed by atoms with Crippen LogP contribution in [0.4, 0.5) is 5.69 Å². The first kappa shape index (κ1) is 22.4. The minimum Gasteiger partial charge on any atom is -0.489 e. The van der Waals surface area contributed by atoms with Crippen molar-refractivity contribution in [3.05, 3.63) is 76.6 Å². The molecule has 1 amide bonds. The van der Waals surface area contributed by atoms with Gasteiger partial charge < -0.3 is 14.8 Å². The molecule has 31 heavy (non-hydrogen) atoms. The van der Waals surface area contributed by atoms with Gasteiger partial charge in [0.05, 0.1) is 11.8 Å². The van der Waals surface area contributed by atoms with Gasteiger partial charge in [-0.2, -0.15) is 5.10 Å². The SMILES string of the molecule is CCn1cc(NC(=O)c2cccc(COc3cccc(Cl)c3)c2)c(C(=O)OC(C)C)n1. The highest BCUT2D eigenvalue weighted by atomic mass is 35.5. The number of hydrogen-bond donors (Lipinski definition) is 1. The van der Waals surface area contributed by atoms with Crippen LogP contribution in [0.25, 0.3) is 0 Å². The number of nitrogens with zero attached hydrogens (tertiary/aromatic N) is 2. The quantitative estimate of drug-likeness (QED) is 0.500. The van der Waals surface area contributed by atoms with Crippen molar-refractivity contribution in [1.82, 2.24) is 9.78 Å². The molecule has 0 fully saturated rings. The van der Waals surface area contributed by atoms with E-state index >= 15 is 0 Å². The molecule has 0 aliphatic carbocycles. The predicted octanol–water partition coefficient (Wildman–Crippen LogP) is 4.95. The summed E-state index contributed by atoms with van der Waals surface area (Å²) in [5.74, 6) is -0.303. The van der Waals surface area contributed by atoms with E-state index in [9.17, 15) is 9.59 Å². The molecule has 1 heterocycles. The number of hydrogen-bond acceptors (Lipinski definition) is 5. The number of amides is 1. The molecule has 1 aromatic heterocycles. The van der Waals surface area contributed by atoms with Crippen molar-refractivity contribution in [2.24, 2.45) is 0 Å². The van der Waals surface area contributed by atoms with Crippen LogP contribution in [-0.2, 0) is 17.9 Å². The van der Waals surface area contributed by atoms with E-state index in [-0.39, 0.29) is 24.3 Å². The van der Waals surface area contributed by atoms with Crippen LogP contribution in [0.15, 0.2) is 54.7 Å². The fourth-order valence-electron chi connectivity index (χ4n) is 2.82. The second kappa shape index (κ2) is 10.1. The topological polar surface area (TPSA) is 82.5 Å². The van der Waals surface area contributed by atoms with Crippen LogP contribution < -0.4 is 10.1 Å². The van der Waals surface area contributed by atoms with E-state index < -0.39 is 5.97 Å². The molecule has 0 bridgehead atoms. The van der Waals surface area contributed by atoms with Crippen LogP contribution in [0.1, 0.15) is 47.2 Å². The Labute approximate surface area is 185 Å². The minimum absolute atomic E-state index is 0.0735. The van der Waals surface area contributed by atoms with Gasteiger partial charge in [-0.25, -0.2) is 4.79 Å². The zero-order valence-electron chi connectivity index (χ0n) is 17.6. The van der Waals surface area contributed by atoms with Gasteiger partial charge in [-0.05, 0) is 56.7 Å². The summed E-state index contributed by atoms with van der Waals surface area (Å²) in [6, 6.07) is 14.2. The molecule has 0 saturated heterocycles. The molecule has 0 atom stereocenters. The van der Waals surface area contributed by atoms with Gasteiger partial charge in [-0.1, -0.05) is 29.8 Å². The summed E-state index contributed by atoms with van der Waals surface area (Å²) < 4.78 is 12.5. The molecule has 2 aromatic carbocycles. The number of benzene rings is 2. The third-order valence-electron chi connectivity index (χ3n) is 4.26. The van der Waals surface area contributed by atoms with E-state index in [0.29, 0.717) is 28.6 Å². The molecule has 3 aromatic rings. The highest BCUT2D eigenvalue weighted by molar-refractivity contribution is 6.30. The average molecular weight is 442 g/mol. The fourth-order valence-corrected chi connectivity index (χ4v) is 3.00. The van der Waals surface area contributed by atoms with E-state index in [4.69, 9.17) is 21.1 Å². The smallest absolute Gasteiger partial charge is 0.361 e. The molecule has 0 saturated carbocycles. The Morgan fingerprint density at radius 1 is 1.16 bits per heavy atom. The van der Waals surface area contributed by atoms with Crippen LogP contribution in [0, 0.1) is 0 Å². The van der Waals surface area contributed by atoms with Crippen LogP contribution in [0.5, 0.6) is 5.75 Å². The second-order valence-corrected chi connectivity index (χ2v) is 7.54. The van der Waals surface area contributed by atoms with Crippen molar-refractivity contribution < 1.29 is 19.1 Å². The number of anilines is 1. The molecule has 162 valence electrons. The van der Waals surface area contributed by atoms with Gasteiger partial charge in [0.25, 0.3) is 5.91 Å². The van der Waals surface area contributed by atoms with E-state index in [0.717, 1.165) is 5.56 Å². The monoisotopic (exact) mass is 441 g/mol. The third kappa shape index (κ3) is 6.08. The van der Waals surface area contributed by atoms with Crippen LogP contribution in [-0.4, -0.2) is 27.8 Å². The lowest BCUT2D eigenvalue weighted by molar-refractivity contribution is 0.0371. The number of aryl methyl sites for hydroxylation is 1. The van der Waals surface area contributed by atoms with Crippen molar-refractivity contribution in [2.45, 2.75) is 40.0 Å². The lowest BCUT2D eigenvalue weighted by Gasteiger charge is -2.10. The van der Waals surface area contributed by atoms with Gasteiger partial charge in [-0.15, -0.1) is 0 Å². The molecule has 8 heteroatoms. The van der Waals surface area contributed by atoms with Crippen molar-refractivity contribution in [2.75, 3.05) is 5.32 Å². The first-order chi connectivity index (χ1) is 14.9. The second-order valence-electron chi connectivity index (χ2n) is 7.10. The molecule has 0 radical (unpaired) electrons. The number of nitrogens with one attached hydrogen (secondary N) is 1. The van der Waals surface area contributed by atoms with Gasteiger partial charge in [0, 0.05) is 23.3 Å². The van der Waals surface area contributed by atoms with Crippen LogP contribution >= 0.6 is 11.6 Å². The number of carbonyl (C=O) groups excluding carboxylic acids is 2. The minimum atomic E-state index is -0.582. The molecule has 0 spiro atoms. The molecule has 0 aliphatic heterocycles. The lowest BCUT2D eigenvalue weighted by Crippen LogP contribution is -2.17. The Kier molecular flexibility index (Phi) is 7.31. The van der Waals surface area contributed by atoms with Gasteiger partial charge in [0.2, 0.25) is 0 Å². The molecule has 7 nitrogen and oxygen atoms in total. The van der Waals surface area contributed by atoms with Crippen molar-refractivity contribution in [1.29, 1.82) is 0 Å². The molecule has 3 rings (SSSR count). The highest BCUT2D eigenvalue weighted by Crippen LogP contribution is 2.20. The van der Waals surface area contributed by atoms with Crippen molar-refractivity contribution in [3.8, 4) is 5.75 Å². The first-order valence-corrected chi connectivity index (χ1v) is 10.3. The summed E-state index contributed by atoms with van der Waals surface area (Å²) in [5, 5.41) is 7.56. The summed E-state index contributed by atoms with van der Waals surface area (Å²) in [6.45, 7) is 6.22. The highest BCUT2D eigenvalue weighted by Gasteiger charge is 2.21. The fraction of sp³-hybridized carbons (Fsp3) is 0.261. The Hall–Kier alpha value is -3.32. The Balaban J connectivity index is 1.73. The van der Waals surface area contributed by atoms with E-state index in [1.165, 1.54) is 0 Å². The zero-order chi connectivity index (χ0) is 22.4. The number of halogens is 1. The lowest BCUT2D eigenvalue weighted by atomic mass is 10.1. The molecule has 0 aliphatic rings. The summed E-state index contributed by atoms with van der Waals surface area (Å²) in [7, 11) is 0. The Bertz CT molecular complexity index is 1080. The van der Waals surface area contributed by atoms with E-state index in [2.05, 4.69) is 10.4 Å². The van der Waals surface area contributed by atoms with Gasteiger partial charge in [0.1, 0.15) is 12.4 Å². The molecular weight excluding hydrogens is 418 g/mol. The van der Waals surface area contributed by atoms with E-state index in [1.54, 1.807) is 61.1 Å². The van der Waals surface area contributed by atoms with E-state index in [1.807, 2.05) is 19.1 Å². The normalized spacial score (nSPS) is 10.7. The third-order valence-corrected chi connectivity index (χ3v) is 4.50. The van der Waals surface area contributed by atoms with Crippen molar-refractivity contribution in [3.63, 3.8) is 0 Å². The maximum atomic E-state index is 12.8. The largest absolute Gasteiger partial charge is 0.489 e. The maximum Gasteiger partial charge on any atom is 0.361 e. The molecule has 0 unspecified atom stereocenters. The molecule has 1 N–H and O–H groups in total. The van der Waals surface area contributed by atoms with Crippen LogP contribution in [0.3, 0.4) is 0 Å². The molecular formula is C23H24ClN3O4. The number of aromatic nitrogens is 2. The average Bonchev–Trinajstić information content (AvgIpc) is 3.15.